The first-order valence-electron chi connectivity index (χ1n) is 11.5. The Morgan fingerprint density at radius 2 is 1.70 bits per heavy atom. The van der Waals surface area contributed by atoms with Crippen molar-refractivity contribution in [3.63, 3.8) is 0 Å². The Kier molecular flexibility index (Phi) is 10.1. The summed E-state index contributed by atoms with van der Waals surface area (Å²) in [6.45, 7) is 11.5. The van der Waals surface area contributed by atoms with Gasteiger partial charge in [-0.2, -0.15) is 0 Å². The molecule has 6 heteroatoms. The largest absolute Gasteiger partial charge is 0.357 e. The number of hydrogen-bond donors (Lipinski definition) is 2. The van der Waals surface area contributed by atoms with Gasteiger partial charge in [-0.3, -0.25) is 9.69 Å². The molecule has 0 aliphatic carbocycles. The molecule has 0 saturated carbocycles. The van der Waals surface area contributed by atoms with Gasteiger partial charge in [0.25, 0.3) is 5.91 Å². The summed E-state index contributed by atoms with van der Waals surface area (Å²) < 4.78 is 0. The zero-order chi connectivity index (χ0) is 21.9. The minimum Gasteiger partial charge on any atom is -0.357 e. The van der Waals surface area contributed by atoms with Crippen LogP contribution in [0.3, 0.4) is 0 Å². The third-order valence-corrected chi connectivity index (χ3v) is 5.73. The van der Waals surface area contributed by atoms with Crippen molar-refractivity contribution >= 4 is 11.9 Å². The summed E-state index contributed by atoms with van der Waals surface area (Å²) in [7, 11) is 3.54. The molecule has 1 heterocycles. The minimum absolute atomic E-state index is 0.0216. The van der Waals surface area contributed by atoms with Crippen LogP contribution >= 0.6 is 0 Å². The second-order valence-electron chi connectivity index (χ2n) is 8.73. The number of likely N-dealkylation sites (tertiary alicyclic amines) is 1. The van der Waals surface area contributed by atoms with E-state index in [-0.39, 0.29) is 5.91 Å². The average Bonchev–Trinajstić information content (AvgIpc) is 3.01. The van der Waals surface area contributed by atoms with Crippen molar-refractivity contribution in [2.75, 3.05) is 40.3 Å². The molecule has 1 atom stereocenters. The highest BCUT2D eigenvalue weighted by molar-refractivity contribution is 5.93. The average molecular weight is 416 g/mol. The van der Waals surface area contributed by atoms with Crippen LogP contribution in [0.4, 0.5) is 0 Å². The normalized spacial score (nSPS) is 16.8. The van der Waals surface area contributed by atoms with Crippen LogP contribution in [-0.4, -0.2) is 68.0 Å². The third-order valence-electron chi connectivity index (χ3n) is 5.73. The number of hydrogen-bond acceptors (Lipinski definition) is 3. The second-order valence-corrected chi connectivity index (χ2v) is 8.73. The van der Waals surface area contributed by atoms with E-state index in [1.165, 1.54) is 38.8 Å². The quantitative estimate of drug-likeness (QED) is 0.505. The fraction of sp³-hybridized carbons (Fsp3) is 0.667. The molecular weight excluding hydrogens is 374 g/mol. The van der Waals surface area contributed by atoms with Gasteiger partial charge in [0, 0.05) is 38.8 Å². The molecule has 1 amide bonds. The number of nitrogens with one attached hydrogen (secondary N) is 2. The molecule has 2 rings (SSSR count). The number of nitrogens with zero attached hydrogens (tertiary/aromatic N) is 3. The Balaban J connectivity index is 1.98. The third kappa shape index (κ3) is 7.63. The van der Waals surface area contributed by atoms with Gasteiger partial charge in [-0.25, -0.2) is 4.99 Å². The molecule has 1 aliphatic heterocycles. The maximum Gasteiger partial charge on any atom is 0.253 e. The lowest BCUT2D eigenvalue weighted by Gasteiger charge is -2.34. The zero-order valence-corrected chi connectivity index (χ0v) is 19.6. The molecule has 0 bridgehead atoms. The fourth-order valence-electron chi connectivity index (χ4n) is 3.94. The predicted octanol–water partition coefficient (Wildman–Crippen LogP) is 3.34. The van der Waals surface area contributed by atoms with Crippen molar-refractivity contribution < 1.29 is 4.79 Å². The zero-order valence-electron chi connectivity index (χ0n) is 19.6. The predicted molar refractivity (Wildman–Crippen MR) is 126 cm³/mol. The van der Waals surface area contributed by atoms with Crippen LogP contribution in [0.25, 0.3) is 0 Å². The first-order chi connectivity index (χ1) is 14.4. The Labute approximate surface area is 183 Å². The lowest BCUT2D eigenvalue weighted by Crippen LogP contribution is -2.49. The van der Waals surface area contributed by atoms with E-state index in [2.05, 4.69) is 36.3 Å². The number of guanidine groups is 1. The number of rotatable bonds is 8. The van der Waals surface area contributed by atoms with Gasteiger partial charge < -0.3 is 15.5 Å². The van der Waals surface area contributed by atoms with Gasteiger partial charge in [-0.05, 0) is 56.5 Å². The number of carbonyl (C=O) groups excluding carboxylic acids is 1. The molecule has 0 spiro atoms. The van der Waals surface area contributed by atoms with E-state index in [1.807, 2.05) is 24.3 Å². The molecule has 1 aromatic carbocycles. The number of benzene rings is 1. The molecular formula is C24H41N5O. The van der Waals surface area contributed by atoms with E-state index in [9.17, 15) is 4.79 Å². The first kappa shape index (κ1) is 24.2. The van der Waals surface area contributed by atoms with Crippen LogP contribution in [0.2, 0.25) is 0 Å². The highest BCUT2D eigenvalue weighted by Gasteiger charge is 2.22. The Bertz CT molecular complexity index is 661. The second kappa shape index (κ2) is 12.6. The fourth-order valence-corrected chi connectivity index (χ4v) is 3.94. The van der Waals surface area contributed by atoms with E-state index >= 15 is 0 Å². The highest BCUT2D eigenvalue weighted by Crippen LogP contribution is 2.17. The summed E-state index contributed by atoms with van der Waals surface area (Å²) in [5.41, 5.74) is 1.80. The number of carbonyl (C=O) groups is 1. The summed E-state index contributed by atoms with van der Waals surface area (Å²) in [5, 5.41) is 6.94. The summed E-state index contributed by atoms with van der Waals surface area (Å²) >= 11 is 0. The van der Waals surface area contributed by atoms with Crippen LogP contribution in [-0.2, 0) is 6.54 Å². The molecule has 6 nitrogen and oxygen atoms in total. The van der Waals surface area contributed by atoms with Gasteiger partial charge in [-0.15, -0.1) is 0 Å². The molecule has 2 N–H and O–H groups in total. The van der Waals surface area contributed by atoms with Gasteiger partial charge in [-0.1, -0.05) is 38.8 Å². The van der Waals surface area contributed by atoms with Gasteiger partial charge in [0.15, 0.2) is 5.96 Å². The molecule has 1 saturated heterocycles. The van der Waals surface area contributed by atoms with Gasteiger partial charge in [0.1, 0.15) is 0 Å². The molecule has 1 aromatic rings. The molecule has 168 valence electrons. The van der Waals surface area contributed by atoms with Crippen LogP contribution < -0.4 is 10.6 Å². The Hall–Kier alpha value is -2.08. The van der Waals surface area contributed by atoms with Crippen LogP contribution in [0.1, 0.15) is 62.4 Å². The summed E-state index contributed by atoms with van der Waals surface area (Å²) in [6.07, 6.45) is 5.34. The summed E-state index contributed by atoms with van der Waals surface area (Å²) in [5.74, 6) is 1.47. The summed E-state index contributed by atoms with van der Waals surface area (Å²) in [4.78, 5) is 21.1. The van der Waals surface area contributed by atoms with Crippen molar-refractivity contribution in [2.45, 2.75) is 59.0 Å². The first-order valence-corrected chi connectivity index (χ1v) is 11.5. The van der Waals surface area contributed by atoms with E-state index in [0.29, 0.717) is 24.1 Å². The topological polar surface area (TPSA) is 60.0 Å². The number of aliphatic imine (C=N–C) groups is 1. The van der Waals surface area contributed by atoms with Crippen molar-refractivity contribution in [2.24, 2.45) is 10.9 Å². The highest BCUT2D eigenvalue weighted by atomic mass is 16.2. The van der Waals surface area contributed by atoms with E-state index in [0.717, 1.165) is 24.6 Å². The molecule has 1 unspecified atom stereocenters. The maximum absolute atomic E-state index is 12.0. The van der Waals surface area contributed by atoms with Crippen LogP contribution in [0, 0.1) is 5.92 Å². The lowest BCUT2D eigenvalue weighted by molar-refractivity contribution is 0.0827. The molecule has 0 aromatic heterocycles. The van der Waals surface area contributed by atoms with E-state index < -0.39 is 0 Å². The number of amides is 1. The SMILES string of the molecule is CCNC(=NCc1ccc(C(=O)N(C)C)cc1)NCC(C(C)C)N1CCCCCC1. The molecule has 30 heavy (non-hydrogen) atoms. The summed E-state index contributed by atoms with van der Waals surface area (Å²) in [6, 6.07) is 8.24. The van der Waals surface area contributed by atoms with E-state index in [4.69, 9.17) is 4.99 Å². The van der Waals surface area contributed by atoms with Crippen molar-refractivity contribution in [3.8, 4) is 0 Å². The van der Waals surface area contributed by atoms with Crippen molar-refractivity contribution in [1.82, 2.24) is 20.4 Å². The van der Waals surface area contributed by atoms with Crippen LogP contribution in [0.15, 0.2) is 29.3 Å². The molecule has 1 fully saturated rings. The van der Waals surface area contributed by atoms with Crippen LogP contribution in [0.5, 0.6) is 0 Å². The van der Waals surface area contributed by atoms with Gasteiger partial charge >= 0.3 is 0 Å². The Morgan fingerprint density at radius 1 is 1.07 bits per heavy atom. The van der Waals surface area contributed by atoms with Gasteiger partial charge in [0.05, 0.1) is 6.54 Å². The molecule has 1 aliphatic rings. The lowest BCUT2D eigenvalue weighted by atomic mass is 10.0. The smallest absolute Gasteiger partial charge is 0.253 e. The van der Waals surface area contributed by atoms with Crippen molar-refractivity contribution in [1.29, 1.82) is 0 Å². The Morgan fingerprint density at radius 3 is 2.23 bits per heavy atom. The monoisotopic (exact) mass is 415 g/mol. The standard InChI is InChI=1S/C24H41N5O/c1-6-25-24(26-17-20-11-13-21(14-12-20)23(30)28(4)5)27-18-22(19(2)3)29-15-9-7-8-10-16-29/h11-14,19,22H,6-10,15-18H2,1-5H3,(H2,25,26,27). The minimum atomic E-state index is 0.0216. The van der Waals surface area contributed by atoms with E-state index in [1.54, 1.807) is 19.0 Å². The molecule has 0 radical (unpaired) electrons. The van der Waals surface area contributed by atoms with Gasteiger partial charge in [0.2, 0.25) is 0 Å². The van der Waals surface area contributed by atoms with Crippen molar-refractivity contribution in [3.05, 3.63) is 35.4 Å². The maximum atomic E-state index is 12.0.